The molecule has 2 N–H and O–H groups in total. The van der Waals surface area contributed by atoms with Crippen molar-refractivity contribution in [3.05, 3.63) is 43.2 Å². The predicted molar refractivity (Wildman–Crippen MR) is 71.7 cm³/mol. The second-order valence-corrected chi connectivity index (χ2v) is 5.97. The number of carbonyl (C=O) groups is 1. The third-order valence-corrected chi connectivity index (χ3v) is 4.09. The van der Waals surface area contributed by atoms with Crippen molar-refractivity contribution in [2.45, 2.75) is 6.54 Å². The van der Waals surface area contributed by atoms with Gasteiger partial charge in [-0.2, -0.15) is 0 Å². The summed E-state index contributed by atoms with van der Waals surface area (Å²) >= 11 is 8.27. The molecule has 6 heteroatoms. The summed E-state index contributed by atoms with van der Waals surface area (Å²) in [6, 6.07) is 3.75. The van der Waals surface area contributed by atoms with E-state index in [2.05, 4.69) is 42.2 Å². The van der Waals surface area contributed by atoms with Crippen molar-refractivity contribution in [2.24, 2.45) is 0 Å². The van der Waals surface area contributed by atoms with E-state index in [0.717, 1.165) is 13.8 Å². The van der Waals surface area contributed by atoms with Crippen LogP contribution in [0.15, 0.2) is 32.7 Å². The van der Waals surface area contributed by atoms with Crippen LogP contribution in [0.3, 0.4) is 0 Å². The number of rotatable bonds is 3. The fraction of sp³-hybridized carbons (Fsp3) is 0.100. The van der Waals surface area contributed by atoms with E-state index >= 15 is 0 Å². The summed E-state index contributed by atoms with van der Waals surface area (Å²) in [5, 5.41) is 4.83. The zero-order chi connectivity index (χ0) is 11.5. The van der Waals surface area contributed by atoms with Crippen LogP contribution in [0.25, 0.3) is 0 Å². The van der Waals surface area contributed by atoms with Crippen molar-refractivity contribution in [3.8, 4) is 0 Å². The minimum absolute atomic E-state index is 0.102. The fourth-order valence-corrected chi connectivity index (χ4v) is 2.94. The van der Waals surface area contributed by atoms with Gasteiger partial charge in [0.2, 0.25) is 0 Å². The number of aromatic amines is 1. The largest absolute Gasteiger partial charge is 0.356 e. The van der Waals surface area contributed by atoms with Gasteiger partial charge in [0.1, 0.15) is 5.69 Å². The maximum Gasteiger partial charge on any atom is 0.268 e. The Bertz CT molecular complexity index is 506. The molecule has 0 aliphatic heterocycles. The summed E-state index contributed by atoms with van der Waals surface area (Å²) in [5.74, 6) is -0.102. The van der Waals surface area contributed by atoms with E-state index in [-0.39, 0.29) is 5.91 Å². The molecule has 2 rings (SSSR count). The monoisotopic (exact) mass is 362 g/mol. The minimum atomic E-state index is -0.102. The van der Waals surface area contributed by atoms with Gasteiger partial charge in [0.05, 0.1) is 6.54 Å². The zero-order valence-electron chi connectivity index (χ0n) is 8.09. The van der Waals surface area contributed by atoms with E-state index in [9.17, 15) is 4.79 Å². The zero-order valence-corrected chi connectivity index (χ0v) is 12.1. The van der Waals surface area contributed by atoms with Crippen molar-refractivity contribution in [3.63, 3.8) is 0 Å². The average molecular weight is 364 g/mol. The van der Waals surface area contributed by atoms with Gasteiger partial charge in [-0.3, -0.25) is 4.79 Å². The highest BCUT2D eigenvalue weighted by Crippen LogP contribution is 2.19. The van der Waals surface area contributed by atoms with E-state index in [1.54, 1.807) is 23.6 Å². The molecule has 0 saturated carbocycles. The Balaban J connectivity index is 1.93. The van der Waals surface area contributed by atoms with Crippen LogP contribution >= 0.6 is 43.2 Å². The highest BCUT2D eigenvalue weighted by molar-refractivity contribution is 9.10. The van der Waals surface area contributed by atoms with Crippen molar-refractivity contribution in [2.75, 3.05) is 0 Å². The Hall–Kier alpha value is -0.590. The lowest BCUT2D eigenvalue weighted by Crippen LogP contribution is -2.22. The molecule has 0 saturated heterocycles. The number of H-pyrrole nitrogens is 1. The van der Waals surface area contributed by atoms with Gasteiger partial charge in [0, 0.05) is 25.4 Å². The van der Waals surface area contributed by atoms with Gasteiger partial charge in [0.25, 0.3) is 5.91 Å². The molecule has 0 spiro atoms. The average Bonchev–Trinajstić information content (AvgIpc) is 2.84. The van der Waals surface area contributed by atoms with Crippen LogP contribution < -0.4 is 5.32 Å². The number of nitrogens with one attached hydrogen (secondary N) is 2. The van der Waals surface area contributed by atoms with E-state index in [0.29, 0.717) is 12.2 Å². The van der Waals surface area contributed by atoms with Crippen molar-refractivity contribution in [1.29, 1.82) is 0 Å². The molecule has 0 aliphatic rings. The standard InChI is InChI=1S/C10H8Br2N2OS/c11-6-2-9(13-3-6)10(15)14-4-8-1-7(12)5-16-8/h1-3,5,13H,4H2,(H,14,15). The number of thiophene rings is 1. The Labute approximate surface area is 114 Å². The SMILES string of the molecule is O=C(NCc1cc(Br)cs1)c1cc(Br)c[nH]1. The molecule has 84 valence electrons. The quantitative estimate of drug-likeness (QED) is 0.860. The predicted octanol–water partition coefficient (Wildman–Crippen LogP) is 3.53. The third-order valence-electron chi connectivity index (χ3n) is 1.94. The van der Waals surface area contributed by atoms with Gasteiger partial charge in [0.15, 0.2) is 0 Å². The lowest BCUT2D eigenvalue weighted by molar-refractivity contribution is 0.0947. The first-order valence-corrected chi connectivity index (χ1v) is 6.97. The van der Waals surface area contributed by atoms with Crippen LogP contribution in [0.4, 0.5) is 0 Å². The van der Waals surface area contributed by atoms with Crippen LogP contribution in [-0.2, 0) is 6.54 Å². The van der Waals surface area contributed by atoms with E-state index in [1.807, 2.05) is 11.4 Å². The summed E-state index contributed by atoms with van der Waals surface area (Å²) in [5.41, 5.74) is 0.558. The lowest BCUT2D eigenvalue weighted by atomic mass is 10.4. The molecule has 3 nitrogen and oxygen atoms in total. The first kappa shape index (κ1) is 11.9. The summed E-state index contributed by atoms with van der Waals surface area (Å²) in [4.78, 5) is 15.7. The van der Waals surface area contributed by atoms with Crippen molar-refractivity contribution < 1.29 is 4.79 Å². The normalized spacial score (nSPS) is 10.4. The first-order valence-electron chi connectivity index (χ1n) is 4.50. The third kappa shape index (κ3) is 2.96. The summed E-state index contributed by atoms with van der Waals surface area (Å²) < 4.78 is 1.92. The maximum atomic E-state index is 11.7. The van der Waals surface area contributed by atoms with Crippen LogP contribution in [-0.4, -0.2) is 10.9 Å². The van der Waals surface area contributed by atoms with Crippen molar-refractivity contribution >= 4 is 49.1 Å². The molecule has 0 atom stereocenters. The van der Waals surface area contributed by atoms with Gasteiger partial charge in [-0.1, -0.05) is 0 Å². The molecule has 1 amide bonds. The Kier molecular flexibility index (Phi) is 3.83. The molecule has 0 bridgehead atoms. The van der Waals surface area contributed by atoms with E-state index in [1.165, 1.54) is 0 Å². The van der Waals surface area contributed by atoms with Crippen LogP contribution in [0.2, 0.25) is 0 Å². The van der Waals surface area contributed by atoms with Crippen LogP contribution in [0, 0.1) is 0 Å². The molecule has 0 unspecified atom stereocenters. The molecule has 2 heterocycles. The Morgan fingerprint density at radius 2 is 2.19 bits per heavy atom. The van der Waals surface area contributed by atoms with Gasteiger partial charge in [-0.05, 0) is 44.0 Å². The topological polar surface area (TPSA) is 44.9 Å². The smallest absolute Gasteiger partial charge is 0.268 e. The van der Waals surface area contributed by atoms with Crippen LogP contribution in [0.1, 0.15) is 15.4 Å². The fourth-order valence-electron chi connectivity index (χ4n) is 1.21. The van der Waals surface area contributed by atoms with Crippen LogP contribution in [0.5, 0.6) is 0 Å². The Morgan fingerprint density at radius 3 is 2.75 bits per heavy atom. The molecule has 2 aromatic rings. The molecular formula is C10H8Br2N2OS. The molecule has 0 radical (unpaired) electrons. The van der Waals surface area contributed by atoms with Gasteiger partial charge in [-0.25, -0.2) is 0 Å². The number of hydrogen-bond acceptors (Lipinski definition) is 2. The van der Waals surface area contributed by atoms with Gasteiger partial charge >= 0.3 is 0 Å². The van der Waals surface area contributed by atoms with Gasteiger partial charge in [-0.15, -0.1) is 11.3 Å². The number of aromatic nitrogens is 1. The second-order valence-electron chi connectivity index (χ2n) is 3.15. The highest BCUT2D eigenvalue weighted by atomic mass is 79.9. The molecule has 16 heavy (non-hydrogen) atoms. The first-order chi connectivity index (χ1) is 7.65. The minimum Gasteiger partial charge on any atom is -0.356 e. The second kappa shape index (κ2) is 5.16. The molecule has 0 fully saturated rings. The number of amides is 1. The molecule has 0 aromatic carbocycles. The number of hydrogen-bond donors (Lipinski definition) is 2. The molecule has 2 aromatic heterocycles. The molecular weight excluding hydrogens is 356 g/mol. The summed E-state index contributed by atoms with van der Waals surface area (Å²) in [7, 11) is 0. The molecule has 0 aliphatic carbocycles. The van der Waals surface area contributed by atoms with Crippen molar-refractivity contribution in [1.82, 2.24) is 10.3 Å². The van der Waals surface area contributed by atoms with Gasteiger partial charge < -0.3 is 10.3 Å². The summed E-state index contributed by atoms with van der Waals surface area (Å²) in [6.45, 7) is 0.547. The van der Waals surface area contributed by atoms with E-state index in [4.69, 9.17) is 0 Å². The number of carbonyl (C=O) groups excluding carboxylic acids is 1. The lowest BCUT2D eigenvalue weighted by Gasteiger charge is -2.00. The van der Waals surface area contributed by atoms with E-state index < -0.39 is 0 Å². The highest BCUT2D eigenvalue weighted by Gasteiger charge is 2.07. The number of halogens is 2. The Morgan fingerprint density at radius 1 is 1.38 bits per heavy atom. The summed E-state index contributed by atoms with van der Waals surface area (Å²) in [6.07, 6.45) is 1.73. The maximum absolute atomic E-state index is 11.7.